The van der Waals surface area contributed by atoms with E-state index in [2.05, 4.69) is 4.98 Å². The largest absolute Gasteiger partial charge is 0.449 e. The second-order valence-electron chi connectivity index (χ2n) is 2.25. The van der Waals surface area contributed by atoms with Crippen LogP contribution in [-0.4, -0.2) is 11.1 Å². The molecule has 1 rings (SSSR count). The first-order chi connectivity index (χ1) is 4.68. The molecule has 0 amide bonds. The Kier molecular flexibility index (Phi) is 2.03. The number of hydrogen-bond donors (Lipinski definition) is 2. The predicted molar refractivity (Wildman–Crippen MR) is 37.1 cm³/mol. The molecule has 1 aromatic rings. The van der Waals surface area contributed by atoms with Crippen molar-refractivity contribution in [2.24, 2.45) is 11.5 Å². The van der Waals surface area contributed by atoms with Crippen LogP contribution in [0.4, 0.5) is 0 Å². The molecule has 1 aromatic heterocycles. The first kappa shape index (κ1) is 7.24. The molecule has 1 heterocycles. The van der Waals surface area contributed by atoms with Crippen LogP contribution in [0.15, 0.2) is 10.7 Å². The fourth-order valence-corrected chi connectivity index (χ4v) is 0.698. The van der Waals surface area contributed by atoms with Gasteiger partial charge in [-0.25, -0.2) is 4.98 Å². The fourth-order valence-electron chi connectivity index (χ4n) is 0.698. The van der Waals surface area contributed by atoms with Gasteiger partial charge < -0.3 is 15.9 Å². The number of nitrogens with zero attached hydrogens (tertiary/aromatic N) is 1. The molecule has 0 radical (unpaired) electrons. The lowest BCUT2D eigenvalue weighted by atomic mass is 10.4. The summed E-state index contributed by atoms with van der Waals surface area (Å²) in [6.45, 7) is 1.86. The molecular weight excluding hydrogens is 130 g/mol. The van der Waals surface area contributed by atoms with E-state index in [9.17, 15) is 0 Å². The predicted octanol–water partition coefficient (Wildman–Crippen LogP) is -0.231. The molecule has 4 nitrogen and oxygen atoms in total. The number of nitrogens with two attached hydrogens (primary N) is 2. The Morgan fingerprint density at radius 3 is 2.80 bits per heavy atom. The third-order valence-electron chi connectivity index (χ3n) is 1.08. The number of oxazole rings is 1. The van der Waals surface area contributed by atoms with Crippen LogP contribution in [0.5, 0.6) is 0 Å². The van der Waals surface area contributed by atoms with Gasteiger partial charge in [-0.15, -0.1) is 0 Å². The highest BCUT2D eigenvalue weighted by molar-refractivity contribution is 4.93. The van der Waals surface area contributed by atoms with Crippen molar-refractivity contribution in [2.75, 3.05) is 0 Å². The zero-order valence-electron chi connectivity index (χ0n) is 5.87. The van der Waals surface area contributed by atoms with Gasteiger partial charge in [-0.05, 0) is 6.92 Å². The molecule has 56 valence electrons. The summed E-state index contributed by atoms with van der Waals surface area (Å²) in [5, 5.41) is 0. The Labute approximate surface area is 59.2 Å². The van der Waals surface area contributed by atoms with Gasteiger partial charge in [0.05, 0.1) is 18.3 Å². The lowest BCUT2D eigenvalue weighted by Gasteiger charge is -1.98. The quantitative estimate of drug-likeness (QED) is 0.557. The Hall–Kier alpha value is -0.870. The molecule has 0 aliphatic carbocycles. The van der Waals surface area contributed by atoms with Crippen molar-refractivity contribution < 1.29 is 4.42 Å². The third-order valence-corrected chi connectivity index (χ3v) is 1.08. The summed E-state index contributed by atoms with van der Waals surface area (Å²) in [5.74, 6) is 0.604. The molecule has 0 saturated carbocycles. The molecule has 0 spiro atoms. The number of rotatable bonds is 2. The average Bonchev–Trinajstić information content (AvgIpc) is 2.13. The topological polar surface area (TPSA) is 78.1 Å². The van der Waals surface area contributed by atoms with Gasteiger partial charge in [0.15, 0.2) is 5.89 Å². The summed E-state index contributed by atoms with van der Waals surface area (Å²) in [6.07, 6.45) is 1.70. The average molecular weight is 141 g/mol. The van der Waals surface area contributed by atoms with Gasteiger partial charge in [0, 0.05) is 0 Å². The maximum absolute atomic E-state index is 5.31. The van der Waals surface area contributed by atoms with Crippen LogP contribution in [0, 0.1) is 6.92 Å². The standard InChI is InChI=1S/C6H11N3O/c1-4-3-10-6(9-4)2-5(7)8/h3,5H,2,7-8H2,1H3. The second kappa shape index (κ2) is 2.81. The first-order valence-electron chi connectivity index (χ1n) is 3.10. The summed E-state index contributed by atoms with van der Waals surface area (Å²) < 4.78 is 5.00. The van der Waals surface area contributed by atoms with E-state index in [1.54, 1.807) is 6.26 Å². The summed E-state index contributed by atoms with van der Waals surface area (Å²) in [6, 6.07) is 0. The number of hydrogen-bond acceptors (Lipinski definition) is 4. The van der Waals surface area contributed by atoms with E-state index >= 15 is 0 Å². The van der Waals surface area contributed by atoms with Crippen LogP contribution in [0.1, 0.15) is 11.6 Å². The highest BCUT2D eigenvalue weighted by atomic mass is 16.3. The third kappa shape index (κ3) is 1.82. The van der Waals surface area contributed by atoms with E-state index in [1.807, 2.05) is 6.92 Å². The minimum atomic E-state index is -0.377. The minimum absolute atomic E-state index is 0.377. The summed E-state index contributed by atoms with van der Waals surface area (Å²) >= 11 is 0. The van der Waals surface area contributed by atoms with E-state index in [4.69, 9.17) is 15.9 Å². The molecule has 0 aliphatic heterocycles. The molecule has 0 bridgehead atoms. The summed E-state index contributed by atoms with van der Waals surface area (Å²) in [4.78, 5) is 4.02. The van der Waals surface area contributed by atoms with E-state index in [0.29, 0.717) is 12.3 Å². The fraction of sp³-hybridized carbons (Fsp3) is 0.500. The number of aromatic nitrogens is 1. The molecule has 0 fully saturated rings. The van der Waals surface area contributed by atoms with E-state index in [1.165, 1.54) is 0 Å². The molecular formula is C6H11N3O. The SMILES string of the molecule is Cc1coc(CC(N)N)n1. The normalized spacial score (nSPS) is 10.8. The molecule has 0 unspecified atom stereocenters. The van der Waals surface area contributed by atoms with Crippen LogP contribution < -0.4 is 11.5 Å². The highest BCUT2D eigenvalue weighted by Gasteiger charge is 2.02. The van der Waals surface area contributed by atoms with Crippen molar-refractivity contribution in [3.8, 4) is 0 Å². The summed E-state index contributed by atoms with van der Waals surface area (Å²) in [5.41, 5.74) is 11.5. The van der Waals surface area contributed by atoms with Gasteiger partial charge in [0.1, 0.15) is 6.26 Å². The smallest absolute Gasteiger partial charge is 0.197 e. The van der Waals surface area contributed by atoms with Gasteiger partial charge in [0.2, 0.25) is 0 Å². The molecule has 0 aliphatic rings. The Morgan fingerprint density at radius 1 is 1.70 bits per heavy atom. The Bertz CT molecular complexity index is 207. The molecule has 4 heteroatoms. The van der Waals surface area contributed by atoms with Crippen molar-refractivity contribution in [1.82, 2.24) is 4.98 Å². The molecule has 4 N–H and O–H groups in total. The minimum Gasteiger partial charge on any atom is -0.449 e. The molecule has 0 aromatic carbocycles. The zero-order chi connectivity index (χ0) is 7.56. The van der Waals surface area contributed by atoms with Gasteiger partial charge in [0.25, 0.3) is 0 Å². The number of aryl methyl sites for hydroxylation is 1. The van der Waals surface area contributed by atoms with Crippen molar-refractivity contribution in [3.63, 3.8) is 0 Å². The molecule has 0 atom stereocenters. The highest BCUT2D eigenvalue weighted by Crippen LogP contribution is 2.00. The first-order valence-corrected chi connectivity index (χ1v) is 3.10. The maximum atomic E-state index is 5.31. The van der Waals surface area contributed by atoms with Gasteiger partial charge in [-0.2, -0.15) is 0 Å². The van der Waals surface area contributed by atoms with E-state index < -0.39 is 0 Å². The zero-order valence-corrected chi connectivity index (χ0v) is 5.87. The Balaban J connectivity index is 2.58. The van der Waals surface area contributed by atoms with Gasteiger partial charge in [-0.1, -0.05) is 0 Å². The van der Waals surface area contributed by atoms with Crippen molar-refractivity contribution in [3.05, 3.63) is 17.8 Å². The summed E-state index contributed by atoms with van der Waals surface area (Å²) in [7, 11) is 0. The van der Waals surface area contributed by atoms with Crippen LogP contribution in [-0.2, 0) is 6.42 Å². The van der Waals surface area contributed by atoms with Gasteiger partial charge in [-0.3, -0.25) is 0 Å². The van der Waals surface area contributed by atoms with Crippen LogP contribution >= 0.6 is 0 Å². The van der Waals surface area contributed by atoms with Gasteiger partial charge >= 0.3 is 0 Å². The van der Waals surface area contributed by atoms with E-state index in [0.717, 1.165) is 5.69 Å². The van der Waals surface area contributed by atoms with Crippen molar-refractivity contribution in [1.29, 1.82) is 0 Å². The van der Waals surface area contributed by atoms with E-state index in [-0.39, 0.29) is 6.17 Å². The monoisotopic (exact) mass is 141 g/mol. The Morgan fingerprint density at radius 2 is 2.40 bits per heavy atom. The second-order valence-corrected chi connectivity index (χ2v) is 2.25. The van der Waals surface area contributed by atoms with Crippen molar-refractivity contribution >= 4 is 0 Å². The maximum Gasteiger partial charge on any atom is 0.197 e. The van der Waals surface area contributed by atoms with Crippen LogP contribution in [0.3, 0.4) is 0 Å². The van der Waals surface area contributed by atoms with Crippen LogP contribution in [0.25, 0.3) is 0 Å². The lowest BCUT2D eigenvalue weighted by Crippen LogP contribution is -2.32. The molecule has 0 saturated heterocycles. The molecule has 10 heavy (non-hydrogen) atoms. The van der Waals surface area contributed by atoms with Crippen LogP contribution in [0.2, 0.25) is 0 Å². The van der Waals surface area contributed by atoms with Crippen molar-refractivity contribution in [2.45, 2.75) is 19.5 Å². The lowest BCUT2D eigenvalue weighted by molar-refractivity contribution is 0.472.